The van der Waals surface area contributed by atoms with E-state index in [0.29, 0.717) is 29.3 Å². The molecule has 1 aliphatic rings. The van der Waals surface area contributed by atoms with Crippen LogP contribution in [0.3, 0.4) is 0 Å². The average Bonchev–Trinajstić information content (AvgIpc) is 2.60. The molecule has 2 rings (SSSR count). The van der Waals surface area contributed by atoms with Gasteiger partial charge >= 0.3 is 6.09 Å². The SMILES string of the molecule is O=C(NCC1CCC(OCCCCBr)CC1)Oc1ccc(Cl)cc1. The minimum absolute atomic E-state index is 0.387. The molecule has 4 nitrogen and oxygen atoms in total. The molecule has 1 fully saturated rings. The Morgan fingerprint density at radius 2 is 1.88 bits per heavy atom. The lowest BCUT2D eigenvalue weighted by atomic mass is 9.87. The largest absolute Gasteiger partial charge is 0.412 e. The average molecular weight is 419 g/mol. The summed E-state index contributed by atoms with van der Waals surface area (Å²) in [6, 6.07) is 6.76. The number of hydrogen-bond acceptors (Lipinski definition) is 3. The molecule has 1 aromatic carbocycles. The van der Waals surface area contributed by atoms with E-state index in [4.69, 9.17) is 21.1 Å². The molecule has 0 aromatic heterocycles. The molecular formula is C18H25BrClNO3. The van der Waals surface area contributed by atoms with E-state index in [1.807, 2.05) is 0 Å². The number of hydrogen-bond donors (Lipinski definition) is 1. The zero-order chi connectivity index (χ0) is 17.2. The molecule has 0 bridgehead atoms. The van der Waals surface area contributed by atoms with Crippen molar-refractivity contribution < 1.29 is 14.3 Å². The number of halogens is 2. The summed E-state index contributed by atoms with van der Waals surface area (Å²) in [6.07, 6.45) is 6.58. The molecule has 134 valence electrons. The number of ether oxygens (including phenoxy) is 2. The summed E-state index contributed by atoms with van der Waals surface area (Å²) in [5, 5.41) is 4.51. The molecule has 1 saturated carbocycles. The van der Waals surface area contributed by atoms with Gasteiger partial charge in [-0.2, -0.15) is 0 Å². The van der Waals surface area contributed by atoms with Crippen molar-refractivity contribution in [2.24, 2.45) is 5.92 Å². The predicted molar refractivity (Wildman–Crippen MR) is 100 cm³/mol. The molecular weight excluding hydrogens is 394 g/mol. The Bertz CT molecular complexity index is 490. The normalized spacial score (nSPS) is 20.6. The van der Waals surface area contributed by atoms with Crippen molar-refractivity contribution in [3.05, 3.63) is 29.3 Å². The van der Waals surface area contributed by atoms with E-state index < -0.39 is 6.09 Å². The van der Waals surface area contributed by atoms with Gasteiger partial charge in [-0.25, -0.2) is 4.79 Å². The van der Waals surface area contributed by atoms with E-state index in [9.17, 15) is 4.79 Å². The van der Waals surface area contributed by atoms with Crippen LogP contribution >= 0.6 is 27.5 Å². The molecule has 0 spiro atoms. The molecule has 6 heteroatoms. The van der Waals surface area contributed by atoms with Crippen LogP contribution in [-0.2, 0) is 4.74 Å². The Kier molecular flexibility index (Phi) is 8.92. The molecule has 1 amide bonds. The zero-order valence-electron chi connectivity index (χ0n) is 13.8. The number of unbranched alkanes of at least 4 members (excludes halogenated alkanes) is 1. The van der Waals surface area contributed by atoms with Crippen LogP contribution in [0.5, 0.6) is 5.75 Å². The van der Waals surface area contributed by atoms with Crippen molar-refractivity contribution in [1.82, 2.24) is 5.32 Å². The highest BCUT2D eigenvalue weighted by molar-refractivity contribution is 9.09. The number of rotatable bonds is 8. The van der Waals surface area contributed by atoms with Gasteiger partial charge in [0.1, 0.15) is 5.75 Å². The summed E-state index contributed by atoms with van der Waals surface area (Å²) in [4.78, 5) is 11.8. The molecule has 0 unspecified atom stereocenters. The van der Waals surface area contributed by atoms with Gasteiger partial charge in [-0.3, -0.25) is 0 Å². The van der Waals surface area contributed by atoms with Gasteiger partial charge in [-0.1, -0.05) is 27.5 Å². The van der Waals surface area contributed by atoms with E-state index >= 15 is 0 Å². The maximum Gasteiger partial charge on any atom is 0.412 e. The smallest absolute Gasteiger partial charge is 0.410 e. The van der Waals surface area contributed by atoms with Crippen LogP contribution in [0.15, 0.2) is 24.3 Å². The highest BCUT2D eigenvalue weighted by Gasteiger charge is 2.22. The van der Waals surface area contributed by atoms with Gasteiger partial charge in [0.25, 0.3) is 0 Å². The first-order valence-electron chi connectivity index (χ1n) is 8.56. The van der Waals surface area contributed by atoms with E-state index in [-0.39, 0.29) is 0 Å². The molecule has 1 aliphatic carbocycles. The molecule has 0 atom stereocenters. The third kappa shape index (κ3) is 7.41. The van der Waals surface area contributed by atoms with E-state index in [0.717, 1.165) is 50.5 Å². The first-order valence-corrected chi connectivity index (χ1v) is 10.1. The fourth-order valence-corrected chi connectivity index (χ4v) is 3.35. The summed E-state index contributed by atoms with van der Waals surface area (Å²) >= 11 is 9.23. The lowest BCUT2D eigenvalue weighted by Crippen LogP contribution is -2.34. The maximum atomic E-state index is 11.8. The maximum absolute atomic E-state index is 11.8. The third-order valence-electron chi connectivity index (χ3n) is 4.23. The van der Waals surface area contributed by atoms with Gasteiger partial charge < -0.3 is 14.8 Å². The monoisotopic (exact) mass is 417 g/mol. The fourth-order valence-electron chi connectivity index (χ4n) is 2.82. The first-order chi connectivity index (χ1) is 11.7. The molecule has 1 aromatic rings. The van der Waals surface area contributed by atoms with Gasteiger partial charge in [0, 0.05) is 23.5 Å². The standard InChI is InChI=1S/C18H25BrClNO3/c19-11-1-2-12-23-16-7-3-14(4-8-16)13-21-18(22)24-17-9-5-15(20)6-10-17/h5-6,9-10,14,16H,1-4,7-8,11-13H2,(H,21,22). The van der Waals surface area contributed by atoms with Crippen molar-refractivity contribution in [3.63, 3.8) is 0 Å². The summed E-state index contributed by atoms with van der Waals surface area (Å²) in [7, 11) is 0. The lowest BCUT2D eigenvalue weighted by molar-refractivity contribution is 0.0170. The highest BCUT2D eigenvalue weighted by Crippen LogP contribution is 2.26. The first kappa shape index (κ1) is 19.5. The van der Waals surface area contributed by atoms with Crippen LogP contribution in [0.1, 0.15) is 38.5 Å². The van der Waals surface area contributed by atoms with Crippen LogP contribution < -0.4 is 10.1 Å². The van der Waals surface area contributed by atoms with Crippen LogP contribution in [-0.4, -0.2) is 30.7 Å². The predicted octanol–water partition coefficient (Wildman–Crippen LogP) is 5.18. The molecule has 24 heavy (non-hydrogen) atoms. The summed E-state index contributed by atoms with van der Waals surface area (Å²) in [6.45, 7) is 1.51. The van der Waals surface area contributed by atoms with Gasteiger partial charge in [0.2, 0.25) is 0 Å². The second-order valence-corrected chi connectivity index (χ2v) is 7.36. The van der Waals surface area contributed by atoms with Gasteiger partial charge in [-0.05, 0) is 68.7 Å². The van der Waals surface area contributed by atoms with Crippen LogP contribution in [0, 0.1) is 5.92 Å². The Hall–Kier alpha value is -0.780. The number of carbonyl (C=O) groups is 1. The molecule has 0 aliphatic heterocycles. The summed E-state index contributed by atoms with van der Waals surface area (Å²) in [5.74, 6) is 1.00. The quantitative estimate of drug-likeness (QED) is 0.467. The number of amides is 1. The van der Waals surface area contributed by atoms with Crippen molar-refractivity contribution in [3.8, 4) is 5.75 Å². The molecule has 1 N–H and O–H groups in total. The van der Waals surface area contributed by atoms with Crippen LogP contribution in [0.25, 0.3) is 0 Å². The summed E-state index contributed by atoms with van der Waals surface area (Å²) in [5.41, 5.74) is 0. The fraction of sp³-hybridized carbons (Fsp3) is 0.611. The number of carbonyl (C=O) groups excluding carboxylic acids is 1. The summed E-state index contributed by atoms with van der Waals surface area (Å²) < 4.78 is 11.1. The third-order valence-corrected chi connectivity index (χ3v) is 5.05. The minimum atomic E-state index is -0.412. The van der Waals surface area contributed by atoms with Crippen LogP contribution in [0.4, 0.5) is 4.79 Å². The molecule has 0 saturated heterocycles. The van der Waals surface area contributed by atoms with Gasteiger partial charge in [0.15, 0.2) is 0 Å². The number of benzene rings is 1. The minimum Gasteiger partial charge on any atom is -0.410 e. The molecule has 0 radical (unpaired) electrons. The van der Waals surface area contributed by atoms with Gasteiger partial charge in [0.05, 0.1) is 6.10 Å². The van der Waals surface area contributed by atoms with E-state index in [2.05, 4.69) is 21.2 Å². The Balaban J connectivity index is 1.58. The lowest BCUT2D eigenvalue weighted by Gasteiger charge is -2.28. The van der Waals surface area contributed by atoms with Crippen LogP contribution in [0.2, 0.25) is 5.02 Å². The molecule has 0 heterocycles. The Labute approximate surface area is 157 Å². The van der Waals surface area contributed by atoms with E-state index in [1.54, 1.807) is 24.3 Å². The second kappa shape index (κ2) is 11.0. The topological polar surface area (TPSA) is 47.6 Å². The van der Waals surface area contributed by atoms with Crippen molar-refractivity contribution in [1.29, 1.82) is 0 Å². The second-order valence-electron chi connectivity index (χ2n) is 6.13. The number of nitrogens with one attached hydrogen (secondary N) is 1. The Morgan fingerprint density at radius 3 is 2.54 bits per heavy atom. The van der Waals surface area contributed by atoms with E-state index in [1.165, 1.54) is 0 Å². The van der Waals surface area contributed by atoms with Gasteiger partial charge in [-0.15, -0.1) is 0 Å². The van der Waals surface area contributed by atoms with Crippen molar-refractivity contribution in [2.45, 2.75) is 44.6 Å². The van der Waals surface area contributed by atoms with Crippen molar-refractivity contribution in [2.75, 3.05) is 18.5 Å². The Morgan fingerprint density at radius 1 is 1.17 bits per heavy atom. The van der Waals surface area contributed by atoms with Crippen molar-refractivity contribution >= 4 is 33.6 Å². The number of alkyl halides is 1. The zero-order valence-corrected chi connectivity index (χ0v) is 16.2. The highest BCUT2D eigenvalue weighted by atomic mass is 79.9.